The monoisotopic (exact) mass is 636 g/mol. The molecule has 2 heteroatoms. The summed E-state index contributed by atoms with van der Waals surface area (Å²) in [6.45, 7) is 9.23. The van der Waals surface area contributed by atoms with Crippen LogP contribution in [0.25, 0.3) is 33.0 Å². The van der Waals surface area contributed by atoms with E-state index in [1.165, 1.54) is 61.3 Å². The van der Waals surface area contributed by atoms with E-state index in [-0.39, 0.29) is 5.54 Å². The molecule has 0 amide bonds. The molecule has 242 valence electrons. The minimum Gasteiger partial charge on any atom is -0.338 e. The van der Waals surface area contributed by atoms with Gasteiger partial charge in [0.05, 0.1) is 0 Å². The second-order valence-corrected chi connectivity index (χ2v) is 13.8. The summed E-state index contributed by atoms with van der Waals surface area (Å²) in [4.78, 5) is 4.94. The average Bonchev–Trinajstić information content (AvgIpc) is 3.13. The highest BCUT2D eigenvalue weighted by Gasteiger charge is 2.29. The lowest BCUT2D eigenvalue weighted by Gasteiger charge is -2.41. The fraction of sp³-hybridized carbons (Fsp3) is 0.149. The van der Waals surface area contributed by atoms with Crippen LogP contribution >= 0.6 is 0 Å². The van der Waals surface area contributed by atoms with Crippen LogP contribution in [0.3, 0.4) is 0 Å². The van der Waals surface area contributed by atoms with Crippen molar-refractivity contribution in [1.29, 1.82) is 0 Å². The Morgan fingerprint density at radius 2 is 1.02 bits per heavy atom. The Hall–Kier alpha value is -5.60. The van der Waals surface area contributed by atoms with Gasteiger partial charge in [-0.2, -0.15) is 0 Å². The highest BCUT2D eigenvalue weighted by Crippen LogP contribution is 2.39. The zero-order chi connectivity index (χ0) is 33.8. The van der Waals surface area contributed by atoms with E-state index in [0.717, 1.165) is 6.42 Å². The van der Waals surface area contributed by atoms with Crippen LogP contribution in [0.4, 0.5) is 22.7 Å². The number of rotatable bonds is 10. The molecule has 7 rings (SSSR count). The van der Waals surface area contributed by atoms with Crippen molar-refractivity contribution in [2.75, 3.05) is 9.80 Å². The Labute approximate surface area is 291 Å². The molecular weight excluding hydrogens is 593 g/mol. The zero-order valence-electron chi connectivity index (χ0n) is 28.9. The van der Waals surface area contributed by atoms with Crippen LogP contribution in [0, 0.1) is 0 Å². The van der Waals surface area contributed by atoms with Gasteiger partial charge in [0.15, 0.2) is 0 Å². The van der Waals surface area contributed by atoms with Crippen molar-refractivity contribution in [1.82, 2.24) is 0 Å². The number of anilines is 4. The summed E-state index contributed by atoms with van der Waals surface area (Å²) in [6.07, 6.45) is 0.886. The van der Waals surface area contributed by atoms with E-state index in [9.17, 15) is 0 Å². The van der Waals surface area contributed by atoms with Gasteiger partial charge in [0.2, 0.25) is 0 Å². The molecule has 7 aromatic rings. The van der Waals surface area contributed by atoms with Crippen molar-refractivity contribution in [2.24, 2.45) is 0 Å². The first kappa shape index (κ1) is 32.0. The van der Waals surface area contributed by atoms with Gasteiger partial charge >= 0.3 is 0 Å². The molecule has 0 aromatic heterocycles. The molecule has 0 fully saturated rings. The second kappa shape index (κ2) is 13.9. The summed E-state index contributed by atoms with van der Waals surface area (Å²) >= 11 is 0. The van der Waals surface area contributed by atoms with Crippen molar-refractivity contribution >= 4 is 33.5 Å². The molecule has 0 unspecified atom stereocenters. The summed E-state index contributed by atoms with van der Waals surface area (Å²) in [5.41, 5.74) is 10.8. The van der Waals surface area contributed by atoms with Crippen molar-refractivity contribution < 1.29 is 0 Å². The van der Waals surface area contributed by atoms with Crippen molar-refractivity contribution in [3.63, 3.8) is 0 Å². The van der Waals surface area contributed by atoms with Gasteiger partial charge in [-0.3, -0.25) is 0 Å². The number of benzene rings is 7. The lowest BCUT2D eigenvalue weighted by Crippen LogP contribution is -2.42. The van der Waals surface area contributed by atoms with E-state index < -0.39 is 0 Å². The summed E-state index contributed by atoms with van der Waals surface area (Å²) in [5.74, 6) is 0. The highest BCUT2D eigenvalue weighted by atomic mass is 15.2. The third-order valence-electron chi connectivity index (χ3n) is 9.44. The molecule has 0 aliphatic carbocycles. The van der Waals surface area contributed by atoms with Gasteiger partial charge in [0.25, 0.3) is 0 Å². The molecule has 2 nitrogen and oxygen atoms in total. The Bertz CT molecular complexity index is 2130. The molecule has 49 heavy (non-hydrogen) atoms. The molecule has 0 aliphatic heterocycles. The first-order valence-electron chi connectivity index (χ1n) is 17.3. The second-order valence-electron chi connectivity index (χ2n) is 13.8. The van der Waals surface area contributed by atoms with E-state index in [0.29, 0.717) is 6.04 Å². The Balaban J connectivity index is 1.17. The molecule has 0 radical (unpaired) electrons. The molecule has 0 saturated carbocycles. The molecular formula is C47H44N2. The van der Waals surface area contributed by atoms with Gasteiger partial charge < -0.3 is 9.80 Å². The first-order chi connectivity index (χ1) is 23.9. The third kappa shape index (κ3) is 6.87. The van der Waals surface area contributed by atoms with E-state index in [1.54, 1.807) is 0 Å². The van der Waals surface area contributed by atoms with Crippen molar-refractivity contribution in [3.05, 3.63) is 181 Å². The SMILES string of the molecule is CC(C)N(c1ccc(CC(C)(C)N(c2ccccc2)c2ccc(-c3ccc4ccccc4c3)cc2)cc1)c1ccccc1-c1ccccc1. The van der Waals surface area contributed by atoms with Gasteiger partial charge in [-0.05, 0) is 116 Å². The van der Waals surface area contributed by atoms with Crippen LogP contribution in [0.2, 0.25) is 0 Å². The van der Waals surface area contributed by atoms with Crippen molar-refractivity contribution in [2.45, 2.75) is 45.7 Å². The van der Waals surface area contributed by atoms with Crippen LogP contribution in [0.1, 0.15) is 33.3 Å². The van der Waals surface area contributed by atoms with Crippen LogP contribution < -0.4 is 9.80 Å². The average molecular weight is 637 g/mol. The van der Waals surface area contributed by atoms with Gasteiger partial charge in [-0.1, -0.05) is 127 Å². The molecule has 7 aromatic carbocycles. The normalized spacial score (nSPS) is 11.5. The Kier molecular flexibility index (Phi) is 9.05. The maximum absolute atomic E-state index is 2.49. The number of hydrogen-bond donors (Lipinski definition) is 0. The lowest BCUT2D eigenvalue weighted by atomic mass is 9.91. The fourth-order valence-electron chi connectivity index (χ4n) is 7.21. The third-order valence-corrected chi connectivity index (χ3v) is 9.44. The summed E-state index contributed by atoms with van der Waals surface area (Å²) in [7, 11) is 0. The standard InChI is InChI=1S/C47H44N2/c1-35(2)48(46-22-14-13-21-45(46)39-16-7-5-8-17-39)42-29-23-36(24-30-42)34-47(3,4)49(43-19-9-6-10-20-43)44-31-27-38(28-32-44)41-26-25-37-15-11-12-18-40(37)33-41/h5-33,35H,34H2,1-4H3. The van der Waals surface area contributed by atoms with Gasteiger partial charge in [-0.15, -0.1) is 0 Å². The van der Waals surface area contributed by atoms with Gasteiger partial charge in [0.1, 0.15) is 0 Å². The zero-order valence-corrected chi connectivity index (χ0v) is 28.9. The molecule has 0 spiro atoms. The van der Waals surface area contributed by atoms with Crippen LogP contribution in [-0.2, 0) is 6.42 Å². The molecule has 0 saturated heterocycles. The Morgan fingerprint density at radius 3 is 1.71 bits per heavy atom. The molecule has 0 bridgehead atoms. The quantitative estimate of drug-likeness (QED) is 0.147. The topological polar surface area (TPSA) is 6.48 Å². The minimum atomic E-state index is -0.203. The highest BCUT2D eigenvalue weighted by molar-refractivity contribution is 5.87. The number of nitrogens with zero attached hydrogens (tertiary/aromatic N) is 2. The Morgan fingerprint density at radius 1 is 0.469 bits per heavy atom. The maximum Gasteiger partial charge on any atom is 0.0492 e. The summed E-state index contributed by atoms with van der Waals surface area (Å²) in [5, 5.41) is 2.53. The lowest BCUT2D eigenvalue weighted by molar-refractivity contribution is 0.502. The largest absolute Gasteiger partial charge is 0.338 e. The van der Waals surface area contributed by atoms with E-state index in [4.69, 9.17) is 0 Å². The predicted molar refractivity (Wildman–Crippen MR) is 211 cm³/mol. The molecule has 0 aliphatic rings. The van der Waals surface area contributed by atoms with Crippen LogP contribution in [-0.4, -0.2) is 11.6 Å². The van der Waals surface area contributed by atoms with Crippen LogP contribution in [0.5, 0.6) is 0 Å². The van der Waals surface area contributed by atoms with E-state index >= 15 is 0 Å². The van der Waals surface area contributed by atoms with E-state index in [2.05, 4.69) is 213 Å². The van der Waals surface area contributed by atoms with Gasteiger partial charge in [0, 0.05) is 39.9 Å². The number of para-hydroxylation sites is 2. The number of fused-ring (bicyclic) bond motifs is 1. The molecule has 0 N–H and O–H groups in total. The molecule has 0 heterocycles. The van der Waals surface area contributed by atoms with E-state index in [1.807, 2.05) is 0 Å². The van der Waals surface area contributed by atoms with Crippen molar-refractivity contribution in [3.8, 4) is 22.3 Å². The van der Waals surface area contributed by atoms with Gasteiger partial charge in [-0.25, -0.2) is 0 Å². The summed E-state index contributed by atoms with van der Waals surface area (Å²) < 4.78 is 0. The first-order valence-corrected chi connectivity index (χ1v) is 17.3. The fourth-order valence-corrected chi connectivity index (χ4v) is 7.21. The molecule has 0 atom stereocenters. The maximum atomic E-state index is 2.49. The minimum absolute atomic E-state index is 0.203. The smallest absolute Gasteiger partial charge is 0.0492 e. The summed E-state index contributed by atoms with van der Waals surface area (Å²) in [6, 6.07) is 64.0. The van der Waals surface area contributed by atoms with Crippen LogP contribution in [0.15, 0.2) is 176 Å². The number of hydrogen-bond acceptors (Lipinski definition) is 2. The predicted octanol–water partition coefficient (Wildman–Crippen LogP) is 12.9.